The van der Waals surface area contributed by atoms with Crippen molar-refractivity contribution in [1.29, 1.82) is 0 Å². The Labute approximate surface area is 154 Å². The molecule has 1 aromatic carbocycles. The van der Waals surface area contributed by atoms with Crippen LogP contribution in [-0.4, -0.2) is 13.7 Å². The number of hydrogen-bond acceptors (Lipinski definition) is 3. The van der Waals surface area contributed by atoms with Crippen molar-refractivity contribution in [3.05, 3.63) is 85.7 Å². The molecule has 0 aliphatic rings. The molecule has 0 N–H and O–H groups in total. The first-order chi connectivity index (χ1) is 13.1. The number of pyridine rings is 1. The van der Waals surface area contributed by atoms with Gasteiger partial charge in [-0.05, 0) is 18.2 Å². The largest absolute Gasteiger partial charge is 0.431 e. The van der Waals surface area contributed by atoms with Crippen molar-refractivity contribution in [1.82, 2.24) is 13.7 Å². The molecule has 0 aliphatic carbocycles. The number of fused-ring (bicyclic) bond motifs is 1. The molecule has 0 saturated carbocycles. The van der Waals surface area contributed by atoms with Crippen molar-refractivity contribution in [3.8, 4) is 5.69 Å². The number of halogens is 4. The smallest absolute Gasteiger partial charge is 0.304 e. The first-order valence-electron chi connectivity index (χ1n) is 7.91. The monoisotopic (exact) mass is 395 g/mol. The Bertz CT molecular complexity index is 1280. The van der Waals surface area contributed by atoms with Crippen LogP contribution in [0.5, 0.6) is 0 Å². The molecule has 146 valence electrons. The van der Waals surface area contributed by atoms with Gasteiger partial charge in [0.1, 0.15) is 11.5 Å². The average Bonchev–Trinajstić information content (AvgIpc) is 2.60. The number of alkyl halides is 3. The molecule has 28 heavy (non-hydrogen) atoms. The van der Waals surface area contributed by atoms with E-state index in [1.165, 1.54) is 22.8 Å². The lowest BCUT2D eigenvalue weighted by Gasteiger charge is -2.15. The summed E-state index contributed by atoms with van der Waals surface area (Å²) in [5.41, 5.74) is -4.97. The van der Waals surface area contributed by atoms with Crippen LogP contribution in [0.4, 0.5) is 17.6 Å². The van der Waals surface area contributed by atoms with E-state index >= 15 is 0 Å². The van der Waals surface area contributed by atoms with E-state index in [1.807, 2.05) is 0 Å². The maximum Gasteiger partial charge on any atom is 0.431 e. The zero-order chi connectivity index (χ0) is 20.8. The second kappa shape index (κ2) is 6.63. The third kappa shape index (κ3) is 3.06. The van der Waals surface area contributed by atoms with E-state index in [0.717, 1.165) is 19.2 Å². The minimum Gasteiger partial charge on any atom is -0.304 e. The highest BCUT2D eigenvalue weighted by Gasteiger charge is 2.35. The normalized spacial score (nSPS) is 11.8. The van der Waals surface area contributed by atoms with Crippen LogP contribution in [0, 0.1) is 5.82 Å². The fourth-order valence-electron chi connectivity index (χ4n) is 2.91. The number of aromatic nitrogens is 3. The van der Waals surface area contributed by atoms with Gasteiger partial charge < -0.3 is 4.57 Å². The molecule has 0 saturated heterocycles. The third-order valence-corrected chi connectivity index (χ3v) is 4.22. The van der Waals surface area contributed by atoms with Crippen molar-refractivity contribution in [2.45, 2.75) is 12.7 Å². The van der Waals surface area contributed by atoms with Gasteiger partial charge in [-0.2, -0.15) is 13.2 Å². The summed E-state index contributed by atoms with van der Waals surface area (Å²) in [6.07, 6.45) is -3.51. The Hall–Kier alpha value is -3.43. The standard InChI is InChI=1S/C18H13F4N3O3/c1-3-6-24-12-8-13(11(19)7-10(12)4-5-15(24)26)25-16(27)9-14(18(20,21)22)23(2)17(25)28/h3-5,7-9H,1,6H2,2H3. The molecule has 0 fully saturated rings. The Morgan fingerprint density at radius 1 is 1.07 bits per heavy atom. The van der Waals surface area contributed by atoms with Gasteiger partial charge in [-0.25, -0.2) is 13.8 Å². The molecule has 0 bridgehead atoms. The first-order valence-corrected chi connectivity index (χ1v) is 7.91. The summed E-state index contributed by atoms with van der Waals surface area (Å²) in [5.74, 6) is -1.00. The second-order valence-corrected chi connectivity index (χ2v) is 5.98. The van der Waals surface area contributed by atoms with Crippen LogP contribution in [0.25, 0.3) is 16.6 Å². The van der Waals surface area contributed by atoms with Gasteiger partial charge in [-0.15, -0.1) is 6.58 Å². The van der Waals surface area contributed by atoms with Crippen molar-refractivity contribution in [3.63, 3.8) is 0 Å². The van der Waals surface area contributed by atoms with E-state index in [0.29, 0.717) is 9.95 Å². The van der Waals surface area contributed by atoms with Gasteiger partial charge in [0.2, 0.25) is 0 Å². The number of benzene rings is 1. The molecule has 0 aliphatic heterocycles. The maximum atomic E-state index is 14.6. The highest BCUT2D eigenvalue weighted by Crippen LogP contribution is 2.27. The molecule has 2 heterocycles. The summed E-state index contributed by atoms with van der Waals surface area (Å²) in [7, 11) is 0.827. The summed E-state index contributed by atoms with van der Waals surface area (Å²) in [5, 5.41) is 0.305. The van der Waals surface area contributed by atoms with Crippen LogP contribution in [0.1, 0.15) is 5.69 Å². The van der Waals surface area contributed by atoms with Crippen LogP contribution in [-0.2, 0) is 19.8 Å². The van der Waals surface area contributed by atoms with E-state index in [-0.39, 0.29) is 22.7 Å². The molecule has 6 nitrogen and oxygen atoms in total. The predicted octanol–water partition coefficient (Wildman–Crippen LogP) is 2.20. The van der Waals surface area contributed by atoms with Crippen molar-refractivity contribution in [2.24, 2.45) is 7.05 Å². The number of rotatable bonds is 3. The molecule has 0 amide bonds. The molecule has 0 unspecified atom stereocenters. The topological polar surface area (TPSA) is 66.0 Å². The van der Waals surface area contributed by atoms with Gasteiger partial charge in [0.05, 0.1) is 11.2 Å². The van der Waals surface area contributed by atoms with E-state index in [1.54, 1.807) is 0 Å². The molecule has 0 radical (unpaired) electrons. The first kappa shape index (κ1) is 19.3. The molecule has 0 atom stereocenters. The van der Waals surface area contributed by atoms with Gasteiger partial charge in [-0.1, -0.05) is 6.08 Å². The van der Waals surface area contributed by atoms with E-state index < -0.39 is 40.2 Å². The SMILES string of the molecule is C=CCn1c(=O)ccc2cc(F)c(-n3c(=O)cc(C(F)(F)F)n(C)c3=O)cc21. The molecule has 2 aromatic heterocycles. The van der Waals surface area contributed by atoms with Crippen LogP contribution in [0.2, 0.25) is 0 Å². The summed E-state index contributed by atoms with van der Waals surface area (Å²) in [4.78, 5) is 36.7. The Kier molecular flexibility index (Phi) is 4.58. The van der Waals surface area contributed by atoms with Crippen molar-refractivity contribution >= 4 is 10.9 Å². The predicted molar refractivity (Wildman–Crippen MR) is 94.2 cm³/mol. The zero-order valence-electron chi connectivity index (χ0n) is 14.5. The lowest BCUT2D eigenvalue weighted by Crippen LogP contribution is -2.41. The highest BCUT2D eigenvalue weighted by molar-refractivity contribution is 5.81. The number of hydrogen-bond donors (Lipinski definition) is 0. The summed E-state index contributed by atoms with van der Waals surface area (Å²) in [6.45, 7) is 3.60. The summed E-state index contributed by atoms with van der Waals surface area (Å²) in [6, 6.07) is 4.86. The minimum atomic E-state index is -4.93. The fraction of sp³-hybridized carbons (Fsp3) is 0.167. The van der Waals surface area contributed by atoms with Crippen LogP contribution in [0.15, 0.2) is 57.4 Å². The van der Waals surface area contributed by atoms with Crippen LogP contribution >= 0.6 is 0 Å². The zero-order valence-corrected chi connectivity index (χ0v) is 14.5. The molecule has 0 spiro atoms. The molecule has 10 heteroatoms. The van der Waals surface area contributed by atoms with Crippen LogP contribution < -0.4 is 16.8 Å². The molecule has 3 rings (SSSR count). The third-order valence-electron chi connectivity index (χ3n) is 4.22. The minimum absolute atomic E-state index is 0.0706. The lowest BCUT2D eigenvalue weighted by atomic mass is 10.1. The van der Waals surface area contributed by atoms with Crippen molar-refractivity contribution < 1.29 is 17.6 Å². The molecular weight excluding hydrogens is 382 g/mol. The number of allylic oxidation sites excluding steroid dienone is 1. The van der Waals surface area contributed by atoms with Crippen LogP contribution in [0.3, 0.4) is 0 Å². The maximum absolute atomic E-state index is 14.6. The fourth-order valence-corrected chi connectivity index (χ4v) is 2.91. The lowest BCUT2D eigenvalue weighted by molar-refractivity contribution is -0.144. The Morgan fingerprint density at radius 3 is 2.36 bits per heavy atom. The van der Waals surface area contributed by atoms with E-state index in [2.05, 4.69) is 6.58 Å². The van der Waals surface area contributed by atoms with Gasteiger partial charge in [-0.3, -0.25) is 14.2 Å². The van der Waals surface area contributed by atoms with Gasteiger partial charge in [0.25, 0.3) is 11.1 Å². The molecular formula is C18H13F4N3O3. The van der Waals surface area contributed by atoms with E-state index in [4.69, 9.17) is 0 Å². The Balaban J connectivity index is 2.41. The molecule has 3 aromatic rings. The van der Waals surface area contributed by atoms with Gasteiger partial charge >= 0.3 is 11.9 Å². The average molecular weight is 395 g/mol. The second-order valence-electron chi connectivity index (χ2n) is 5.98. The van der Waals surface area contributed by atoms with Gasteiger partial charge in [0, 0.05) is 31.1 Å². The Morgan fingerprint density at radius 2 is 1.75 bits per heavy atom. The van der Waals surface area contributed by atoms with E-state index in [9.17, 15) is 31.9 Å². The quantitative estimate of drug-likeness (QED) is 0.505. The summed E-state index contributed by atoms with van der Waals surface area (Å²) < 4.78 is 55.3. The summed E-state index contributed by atoms with van der Waals surface area (Å²) >= 11 is 0. The highest BCUT2D eigenvalue weighted by atomic mass is 19.4. The van der Waals surface area contributed by atoms with Gasteiger partial charge in [0.15, 0.2) is 0 Å². The van der Waals surface area contributed by atoms with Crippen molar-refractivity contribution in [2.75, 3.05) is 0 Å². The number of nitrogens with zero attached hydrogens (tertiary/aromatic N) is 3.